The Balaban J connectivity index is 1.23. The van der Waals surface area contributed by atoms with Crippen LogP contribution in [0.1, 0.15) is 0 Å². The molecule has 0 aliphatic carbocycles. The van der Waals surface area contributed by atoms with Gasteiger partial charge in [0.15, 0.2) is 11.5 Å². The minimum absolute atomic E-state index is 0.689. The van der Waals surface area contributed by atoms with E-state index in [4.69, 9.17) is 9.47 Å². The summed E-state index contributed by atoms with van der Waals surface area (Å²) >= 11 is 0. The summed E-state index contributed by atoms with van der Waals surface area (Å²) in [5.41, 5.74) is 7.74. The van der Waals surface area contributed by atoms with E-state index in [0.717, 1.165) is 50.5 Å². The lowest BCUT2D eigenvalue weighted by Crippen LogP contribution is -2.11. The van der Waals surface area contributed by atoms with E-state index in [1.807, 2.05) is 36.4 Å². The third kappa shape index (κ3) is 4.58. The van der Waals surface area contributed by atoms with Crippen LogP contribution in [0, 0.1) is 0 Å². The number of hydrogen-bond donors (Lipinski definition) is 0. The second kappa shape index (κ2) is 10.6. The summed E-state index contributed by atoms with van der Waals surface area (Å²) in [6, 6.07) is 56.6. The molecule has 7 aromatic carbocycles. The maximum Gasteiger partial charge on any atom is 0.170 e. The molecule has 0 N–H and O–H groups in total. The molecule has 8 rings (SSSR count). The van der Waals surface area contributed by atoms with Gasteiger partial charge in [0, 0.05) is 16.9 Å². The van der Waals surface area contributed by atoms with Crippen LogP contribution >= 0.6 is 0 Å². The predicted molar refractivity (Wildman–Crippen MR) is 176 cm³/mol. The first kappa shape index (κ1) is 25.0. The van der Waals surface area contributed by atoms with Crippen LogP contribution < -0.4 is 14.4 Å². The van der Waals surface area contributed by atoms with E-state index < -0.39 is 0 Å². The van der Waals surface area contributed by atoms with Gasteiger partial charge in [-0.25, -0.2) is 0 Å². The molecule has 0 fully saturated rings. The minimum atomic E-state index is 0.689. The van der Waals surface area contributed by atoms with Crippen LogP contribution in [-0.4, -0.2) is 0 Å². The quantitative estimate of drug-likeness (QED) is 0.212. The van der Waals surface area contributed by atoms with Gasteiger partial charge in [0.05, 0.1) is 11.1 Å². The third-order valence-corrected chi connectivity index (χ3v) is 7.91. The molecule has 3 heteroatoms. The Morgan fingerprint density at radius 2 is 0.953 bits per heavy atom. The average Bonchev–Trinajstić information content (AvgIpc) is 3.23. The summed E-state index contributed by atoms with van der Waals surface area (Å²) < 4.78 is 12.9. The zero-order valence-corrected chi connectivity index (χ0v) is 23.4. The largest absolute Gasteiger partial charge is 0.453 e. The fourth-order valence-corrected chi connectivity index (χ4v) is 5.87. The topological polar surface area (TPSA) is 21.7 Å². The molecule has 7 aromatic rings. The summed E-state index contributed by atoms with van der Waals surface area (Å²) in [5.74, 6) is 2.98. The molecule has 0 spiro atoms. The first-order valence-electron chi connectivity index (χ1n) is 14.4. The van der Waals surface area contributed by atoms with E-state index in [9.17, 15) is 0 Å². The van der Waals surface area contributed by atoms with E-state index >= 15 is 0 Å². The summed E-state index contributed by atoms with van der Waals surface area (Å²) in [7, 11) is 0. The molecule has 204 valence electrons. The van der Waals surface area contributed by atoms with Crippen molar-refractivity contribution in [3.8, 4) is 45.3 Å². The van der Waals surface area contributed by atoms with Crippen LogP contribution in [0.15, 0.2) is 164 Å². The number of nitrogens with zero attached hydrogens (tertiary/aromatic N) is 1. The first-order chi connectivity index (χ1) is 21.3. The van der Waals surface area contributed by atoms with E-state index in [1.54, 1.807) is 0 Å². The van der Waals surface area contributed by atoms with Gasteiger partial charge in [-0.1, -0.05) is 109 Å². The molecule has 0 radical (unpaired) electrons. The zero-order chi connectivity index (χ0) is 28.6. The monoisotopic (exact) mass is 553 g/mol. The van der Waals surface area contributed by atoms with Crippen molar-refractivity contribution >= 4 is 27.8 Å². The molecule has 0 atom stereocenters. The predicted octanol–water partition coefficient (Wildman–Crippen LogP) is 11.5. The number of hydrogen-bond acceptors (Lipinski definition) is 3. The fourth-order valence-electron chi connectivity index (χ4n) is 5.87. The highest BCUT2D eigenvalue weighted by Crippen LogP contribution is 2.48. The number of fused-ring (bicyclic) bond motifs is 1. The van der Waals surface area contributed by atoms with Crippen molar-refractivity contribution in [2.24, 2.45) is 0 Å². The van der Waals surface area contributed by atoms with Crippen molar-refractivity contribution in [2.75, 3.05) is 4.90 Å². The van der Waals surface area contributed by atoms with Gasteiger partial charge in [-0.05, 0) is 76.7 Å². The smallest absolute Gasteiger partial charge is 0.170 e. The molecule has 0 bridgehead atoms. The van der Waals surface area contributed by atoms with Crippen molar-refractivity contribution < 1.29 is 9.47 Å². The summed E-state index contributed by atoms with van der Waals surface area (Å²) in [5, 5.41) is 2.07. The Morgan fingerprint density at radius 3 is 1.70 bits per heavy atom. The van der Waals surface area contributed by atoms with Gasteiger partial charge in [0.1, 0.15) is 11.5 Å². The molecule has 0 amide bonds. The van der Waals surface area contributed by atoms with Crippen molar-refractivity contribution in [3.63, 3.8) is 0 Å². The number of anilines is 3. The molecule has 0 saturated carbocycles. The Labute approximate surface area is 250 Å². The van der Waals surface area contributed by atoms with Gasteiger partial charge < -0.3 is 14.4 Å². The Bertz CT molecular complexity index is 2060. The highest BCUT2D eigenvalue weighted by atomic mass is 16.5. The van der Waals surface area contributed by atoms with Crippen LogP contribution in [0.4, 0.5) is 17.1 Å². The Morgan fingerprint density at radius 1 is 0.372 bits per heavy atom. The fraction of sp³-hybridized carbons (Fsp3) is 0. The summed E-state index contributed by atoms with van der Waals surface area (Å²) in [6.45, 7) is 0. The van der Waals surface area contributed by atoms with E-state index in [1.165, 1.54) is 11.1 Å². The molecule has 1 aliphatic rings. The maximum absolute atomic E-state index is 6.52. The molecule has 3 nitrogen and oxygen atoms in total. The van der Waals surface area contributed by atoms with Crippen LogP contribution in [0.2, 0.25) is 0 Å². The molecular formula is C40H27NO2. The lowest BCUT2D eigenvalue weighted by Gasteiger charge is -2.28. The summed E-state index contributed by atoms with van der Waals surface area (Å²) in [4.78, 5) is 2.31. The van der Waals surface area contributed by atoms with Crippen LogP contribution in [-0.2, 0) is 0 Å². The van der Waals surface area contributed by atoms with Gasteiger partial charge in [0.25, 0.3) is 0 Å². The number of ether oxygens (including phenoxy) is 2. The third-order valence-electron chi connectivity index (χ3n) is 7.91. The van der Waals surface area contributed by atoms with Crippen molar-refractivity contribution in [1.29, 1.82) is 0 Å². The standard InChI is InChI=1S/C40H27NO2/c1-3-11-28(12-4-1)29-21-24-33(25-22-29)41(32-15-5-2-6-16-32)35-18-8-7-17-34(35)31-23-26-36-39(27-31)43-38-20-10-14-30-13-9-19-37(42-36)40(30)38/h1-27H. The molecule has 0 aromatic heterocycles. The maximum atomic E-state index is 6.52. The average molecular weight is 554 g/mol. The molecule has 0 saturated heterocycles. The lowest BCUT2D eigenvalue weighted by molar-refractivity contribution is 0.439. The second-order valence-corrected chi connectivity index (χ2v) is 10.6. The van der Waals surface area contributed by atoms with Crippen molar-refractivity contribution in [3.05, 3.63) is 164 Å². The molecule has 43 heavy (non-hydrogen) atoms. The molecule has 0 unspecified atom stereocenters. The number of rotatable bonds is 5. The normalized spacial score (nSPS) is 11.6. The Hall–Kier alpha value is -5.80. The van der Waals surface area contributed by atoms with Gasteiger partial charge in [-0.2, -0.15) is 0 Å². The van der Waals surface area contributed by atoms with E-state index in [-0.39, 0.29) is 0 Å². The highest BCUT2D eigenvalue weighted by Gasteiger charge is 2.21. The van der Waals surface area contributed by atoms with Crippen LogP contribution in [0.5, 0.6) is 23.0 Å². The molecule has 1 aliphatic heterocycles. The molecule has 1 heterocycles. The van der Waals surface area contributed by atoms with Gasteiger partial charge in [0.2, 0.25) is 0 Å². The van der Waals surface area contributed by atoms with E-state index in [0.29, 0.717) is 11.5 Å². The SMILES string of the molecule is c1ccc(-c2ccc(N(c3ccccc3)c3ccccc3-c3ccc4c(c3)Oc3cccc5cccc(c35)O4)cc2)cc1. The van der Waals surface area contributed by atoms with Gasteiger partial charge in [-0.15, -0.1) is 0 Å². The van der Waals surface area contributed by atoms with Crippen LogP contribution in [0.25, 0.3) is 33.0 Å². The van der Waals surface area contributed by atoms with Gasteiger partial charge in [-0.3, -0.25) is 0 Å². The Kier molecular flexibility index (Phi) is 6.12. The summed E-state index contributed by atoms with van der Waals surface area (Å²) in [6.07, 6.45) is 0. The zero-order valence-electron chi connectivity index (χ0n) is 23.4. The second-order valence-electron chi connectivity index (χ2n) is 10.6. The van der Waals surface area contributed by atoms with Crippen molar-refractivity contribution in [2.45, 2.75) is 0 Å². The minimum Gasteiger partial charge on any atom is -0.453 e. The highest BCUT2D eigenvalue weighted by molar-refractivity contribution is 5.95. The molecular weight excluding hydrogens is 526 g/mol. The number of benzene rings is 7. The first-order valence-corrected chi connectivity index (χ1v) is 14.4. The van der Waals surface area contributed by atoms with Gasteiger partial charge >= 0.3 is 0 Å². The van der Waals surface area contributed by atoms with E-state index in [2.05, 4.69) is 132 Å². The van der Waals surface area contributed by atoms with Crippen molar-refractivity contribution in [1.82, 2.24) is 0 Å². The lowest BCUT2D eigenvalue weighted by atomic mass is 10.0. The van der Waals surface area contributed by atoms with Crippen LogP contribution in [0.3, 0.4) is 0 Å². The number of para-hydroxylation sites is 2.